The van der Waals surface area contributed by atoms with E-state index in [1.165, 1.54) is 30.0 Å². The smallest absolute Gasteiger partial charge is 0.282 e. The maximum atomic E-state index is 12.5. The number of H-pyrrole nitrogens is 1. The summed E-state index contributed by atoms with van der Waals surface area (Å²) in [4.78, 5) is 4.10. The molecule has 1 aromatic rings. The highest BCUT2D eigenvalue weighted by molar-refractivity contribution is 7.89. The van der Waals surface area contributed by atoms with Crippen molar-refractivity contribution in [1.29, 1.82) is 0 Å². The molecule has 3 rings (SSSR count). The van der Waals surface area contributed by atoms with Crippen LogP contribution in [-0.4, -0.2) is 54.7 Å². The minimum absolute atomic E-state index is 0.112. The Morgan fingerprint density at radius 1 is 1.30 bits per heavy atom. The normalized spacial score (nSPS) is 27.0. The maximum absolute atomic E-state index is 12.5. The van der Waals surface area contributed by atoms with Gasteiger partial charge in [-0.1, -0.05) is 26.2 Å². The van der Waals surface area contributed by atoms with Crippen molar-refractivity contribution in [2.75, 3.05) is 26.8 Å². The molecule has 0 spiro atoms. The third-order valence-corrected chi connectivity index (χ3v) is 6.77. The van der Waals surface area contributed by atoms with Gasteiger partial charge < -0.3 is 4.74 Å². The fourth-order valence-corrected chi connectivity index (χ4v) is 5.09. The second-order valence-electron chi connectivity index (χ2n) is 6.92. The summed E-state index contributed by atoms with van der Waals surface area (Å²) >= 11 is 0. The highest BCUT2D eigenvalue weighted by Crippen LogP contribution is 2.38. The van der Waals surface area contributed by atoms with Crippen LogP contribution in [0.15, 0.2) is 5.16 Å². The predicted octanol–water partition coefficient (Wildman–Crippen LogP) is 1.44. The lowest BCUT2D eigenvalue weighted by Crippen LogP contribution is -2.53. The Bertz CT molecular complexity index is 624. The molecule has 7 nitrogen and oxygen atoms in total. The summed E-state index contributed by atoms with van der Waals surface area (Å²) < 4.78 is 31.6. The summed E-state index contributed by atoms with van der Waals surface area (Å²) in [5, 5.41) is 6.44. The predicted molar refractivity (Wildman–Crippen MR) is 85.3 cm³/mol. The first-order chi connectivity index (χ1) is 11.0. The number of ether oxygens (including phenoxy) is 1. The van der Waals surface area contributed by atoms with Gasteiger partial charge in [0.1, 0.15) is 5.82 Å². The fraction of sp³-hybridized carbons (Fsp3) is 0.867. The third kappa shape index (κ3) is 3.59. The van der Waals surface area contributed by atoms with E-state index in [9.17, 15) is 8.42 Å². The molecule has 1 saturated heterocycles. The lowest BCUT2D eigenvalue weighted by atomic mass is 9.74. The molecule has 130 valence electrons. The first-order valence-electron chi connectivity index (χ1n) is 8.41. The molecule has 2 atom stereocenters. The molecule has 0 radical (unpaired) electrons. The molecule has 0 amide bonds. The quantitative estimate of drug-likeness (QED) is 0.845. The van der Waals surface area contributed by atoms with Gasteiger partial charge in [0, 0.05) is 26.6 Å². The number of sulfonamides is 1. The molecule has 1 N–H and O–H groups in total. The molecule has 8 heteroatoms. The van der Waals surface area contributed by atoms with E-state index >= 15 is 0 Å². The Kier molecular flexibility index (Phi) is 5.03. The van der Waals surface area contributed by atoms with Gasteiger partial charge in [-0.3, -0.25) is 5.10 Å². The summed E-state index contributed by atoms with van der Waals surface area (Å²) in [5.41, 5.74) is 0. The van der Waals surface area contributed by atoms with Crippen LogP contribution in [0, 0.1) is 17.8 Å². The molecule has 0 aromatic carbocycles. The Balaban J connectivity index is 1.58. The molecule has 2 aliphatic rings. The van der Waals surface area contributed by atoms with E-state index in [1.54, 1.807) is 7.11 Å². The van der Waals surface area contributed by atoms with Gasteiger partial charge in [0.2, 0.25) is 0 Å². The van der Waals surface area contributed by atoms with E-state index in [-0.39, 0.29) is 5.16 Å². The van der Waals surface area contributed by atoms with Gasteiger partial charge >= 0.3 is 0 Å². The summed E-state index contributed by atoms with van der Waals surface area (Å²) in [6, 6.07) is 0. The standard InChI is InChI=1S/C15H26N4O3S/c1-11-4-3-5-12(8-11)13-9-19(10-13)23(20,21)15-16-14(17-18-15)6-7-22-2/h11-13H,3-10H2,1-2H3,(H,16,17,18). The van der Waals surface area contributed by atoms with Crippen molar-refractivity contribution in [1.82, 2.24) is 19.5 Å². The van der Waals surface area contributed by atoms with Crippen molar-refractivity contribution in [2.24, 2.45) is 17.8 Å². The third-order valence-electron chi connectivity index (χ3n) is 5.14. The molecule has 1 aliphatic carbocycles. The van der Waals surface area contributed by atoms with Crippen molar-refractivity contribution < 1.29 is 13.2 Å². The Hall–Kier alpha value is -0.990. The van der Waals surface area contributed by atoms with Gasteiger partial charge in [-0.05, 0) is 24.2 Å². The van der Waals surface area contributed by atoms with Crippen LogP contribution in [0.5, 0.6) is 0 Å². The van der Waals surface area contributed by atoms with Gasteiger partial charge in [0.25, 0.3) is 15.2 Å². The second-order valence-corrected chi connectivity index (χ2v) is 8.75. The maximum Gasteiger partial charge on any atom is 0.282 e. The number of nitrogens with zero attached hydrogens (tertiary/aromatic N) is 3. The molecule has 2 fully saturated rings. The van der Waals surface area contributed by atoms with Gasteiger partial charge in [-0.2, -0.15) is 4.31 Å². The zero-order valence-corrected chi connectivity index (χ0v) is 14.7. The molecule has 2 heterocycles. The first kappa shape index (κ1) is 16.9. The number of aromatic nitrogens is 3. The lowest BCUT2D eigenvalue weighted by Gasteiger charge is -2.44. The Labute approximate surface area is 137 Å². The Morgan fingerprint density at radius 2 is 2.09 bits per heavy atom. The molecule has 1 aliphatic heterocycles. The Morgan fingerprint density at radius 3 is 2.78 bits per heavy atom. The molecule has 0 bridgehead atoms. The minimum Gasteiger partial charge on any atom is -0.384 e. The topological polar surface area (TPSA) is 88.2 Å². The highest BCUT2D eigenvalue weighted by atomic mass is 32.2. The van der Waals surface area contributed by atoms with Crippen molar-refractivity contribution in [3.63, 3.8) is 0 Å². The molecule has 1 saturated carbocycles. The summed E-state index contributed by atoms with van der Waals surface area (Å²) in [5.74, 6) is 2.49. The van der Waals surface area contributed by atoms with Crippen LogP contribution in [0.1, 0.15) is 38.4 Å². The molecule has 1 aromatic heterocycles. The zero-order valence-electron chi connectivity index (χ0n) is 13.9. The van der Waals surface area contributed by atoms with E-state index in [2.05, 4.69) is 22.1 Å². The van der Waals surface area contributed by atoms with Gasteiger partial charge in [0.15, 0.2) is 0 Å². The van der Waals surface area contributed by atoms with Crippen molar-refractivity contribution in [3.8, 4) is 0 Å². The summed E-state index contributed by atoms with van der Waals surface area (Å²) in [6.07, 6.45) is 5.60. The van der Waals surface area contributed by atoms with Crippen LogP contribution in [-0.2, 0) is 21.2 Å². The van der Waals surface area contributed by atoms with Crippen LogP contribution in [0.25, 0.3) is 0 Å². The van der Waals surface area contributed by atoms with E-state index in [1.807, 2.05) is 0 Å². The van der Waals surface area contributed by atoms with Crippen LogP contribution in [0.2, 0.25) is 0 Å². The van der Waals surface area contributed by atoms with Gasteiger partial charge in [-0.25, -0.2) is 13.4 Å². The lowest BCUT2D eigenvalue weighted by molar-refractivity contribution is 0.0934. The van der Waals surface area contributed by atoms with Crippen molar-refractivity contribution in [3.05, 3.63) is 5.82 Å². The molecule has 2 unspecified atom stereocenters. The van der Waals surface area contributed by atoms with Gasteiger partial charge in [0.05, 0.1) is 6.61 Å². The van der Waals surface area contributed by atoms with Crippen LogP contribution in [0.4, 0.5) is 0 Å². The number of hydrogen-bond acceptors (Lipinski definition) is 5. The number of aromatic amines is 1. The van der Waals surface area contributed by atoms with Crippen LogP contribution < -0.4 is 0 Å². The summed E-state index contributed by atoms with van der Waals surface area (Å²) in [7, 11) is -1.95. The van der Waals surface area contributed by atoms with E-state index < -0.39 is 10.0 Å². The number of methoxy groups -OCH3 is 1. The average Bonchev–Trinajstić information content (AvgIpc) is 2.93. The minimum atomic E-state index is -3.55. The summed E-state index contributed by atoms with van der Waals surface area (Å²) in [6.45, 7) is 4.01. The number of hydrogen-bond donors (Lipinski definition) is 1. The largest absolute Gasteiger partial charge is 0.384 e. The number of rotatable bonds is 6. The van der Waals surface area contributed by atoms with Crippen molar-refractivity contribution in [2.45, 2.75) is 44.2 Å². The SMILES string of the molecule is COCCc1nc(S(=O)(=O)N2CC(C3CCCC(C)C3)C2)n[nH]1. The van der Waals surface area contributed by atoms with Gasteiger partial charge in [-0.15, -0.1) is 5.10 Å². The number of nitrogens with one attached hydrogen (secondary N) is 1. The van der Waals surface area contributed by atoms with E-state index in [4.69, 9.17) is 4.74 Å². The monoisotopic (exact) mass is 342 g/mol. The fourth-order valence-electron chi connectivity index (χ4n) is 3.69. The first-order valence-corrected chi connectivity index (χ1v) is 9.85. The highest BCUT2D eigenvalue weighted by Gasteiger charge is 2.42. The molecular weight excluding hydrogens is 316 g/mol. The zero-order chi connectivity index (χ0) is 16.4. The average molecular weight is 342 g/mol. The van der Waals surface area contributed by atoms with Crippen molar-refractivity contribution >= 4 is 10.0 Å². The molecular formula is C15H26N4O3S. The molecule has 23 heavy (non-hydrogen) atoms. The van der Waals surface area contributed by atoms with Crippen LogP contribution in [0.3, 0.4) is 0 Å². The van der Waals surface area contributed by atoms with E-state index in [0.29, 0.717) is 43.8 Å². The van der Waals surface area contributed by atoms with E-state index in [0.717, 1.165) is 5.92 Å². The second kappa shape index (κ2) is 6.86. The van der Waals surface area contributed by atoms with Crippen LogP contribution >= 0.6 is 0 Å².